The molecule has 1 saturated heterocycles. The SMILES string of the molecule is O=C1CC(c2noc(Cc3c[nH]c4ccccc34)n2)CN1c1ccc(F)c(F)c1. The van der Waals surface area contributed by atoms with E-state index in [9.17, 15) is 13.6 Å². The van der Waals surface area contributed by atoms with Crippen LogP contribution in [0.1, 0.15) is 29.6 Å². The number of para-hydroxylation sites is 1. The highest BCUT2D eigenvalue weighted by molar-refractivity contribution is 5.96. The van der Waals surface area contributed by atoms with E-state index in [-0.39, 0.29) is 24.8 Å². The first-order valence-corrected chi connectivity index (χ1v) is 9.21. The lowest BCUT2D eigenvalue weighted by molar-refractivity contribution is -0.117. The quantitative estimate of drug-likeness (QED) is 0.569. The van der Waals surface area contributed by atoms with Gasteiger partial charge in [0.1, 0.15) is 0 Å². The molecule has 1 aliphatic rings. The number of aromatic amines is 1. The number of benzene rings is 2. The van der Waals surface area contributed by atoms with Crippen molar-refractivity contribution in [1.82, 2.24) is 15.1 Å². The summed E-state index contributed by atoms with van der Waals surface area (Å²) < 4.78 is 32.1. The standard InChI is InChI=1S/C21H16F2N4O2/c22-16-6-5-14(9-17(16)23)27-11-13(8-20(27)28)21-25-19(29-26-21)7-12-10-24-18-4-2-1-3-15(12)18/h1-6,9-10,13,24H,7-8,11H2. The highest BCUT2D eigenvalue weighted by atomic mass is 19.2. The molecule has 146 valence electrons. The number of anilines is 1. The molecule has 2 aromatic carbocycles. The molecule has 1 amide bonds. The lowest BCUT2D eigenvalue weighted by Gasteiger charge is -2.16. The lowest BCUT2D eigenvalue weighted by Crippen LogP contribution is -2.24. The normalized spacial score (nSPS) is 16.8. The summed E-state index contributed by atoms with van der Waals surface area (Å²) in [6.07, 6.45) is 2.58. The maximum Gasteiger partial charge on any atom is 0.231 e. The predicted octanol–water partition coefficient (Wildman–Crippen LogP) is 3.94. The van der Waals surface area contributed by atoms with E-state index in [1.165, 1.54) is 11.0 Å². The number of halogens is 2. The van der Waals surface area contributed by atoms with Gasteiger partial charge in [-0.3, -0.25) is 4.79 Å². The first-order valence-electron chi connectivity index (χ1n) is 9.21. The Hall–Kier alpha value is -3.55. The minimum atomic E-state index is -0.987. The smallest absolute Gasteiger partial charge is 0.231 e. The van der Waals surface area contributed by atoms with E-state index in [0.717, 1.165) is 28.6 Å². The van der Waals surface area contributed by atoms with Crippen molar-refractivity contribution >= 4 is 22.5 Å². The fourth-order valence-corrected chi connectivity index (χ4v) is 3.73. The summed E-state index contributed by atoms with van der Waals surface area (Å²) in [6, 6.07) is 11.4. The number of amides is 1. The van der Waals surface area contributed by atoms with Gasteiger partial charge in [0.05, 0.1) is 6.42 Å². The number of carbonyl (C=O) groups is 1. The van der Waals surface area contributed by atoms with Crippen LogP contribution in [0, 0.1) is 11.6 Å². The van der Waals surface area contributed by atoms with Crippen LogP contribution in [0.4, 0.5) is 14.5 Å². The van der Waals surface area contributed by atoms with Gasteiger partial charge in [-0.15, -0.1) is 0 Å². The Bertz CT molecular complexity index is 1220. The summed E-state index contributed by atoms with van der Waals surface area (Å²) in [5, 5.41) is 5.13. The van der Waals surface area contributed by atoms with Gasteiger partial charge in [0.15, 0.2) is 17.5 Å². The van der Waals surface area contributed by atoms with Crippen molar-refractivity contribution < 1.29 is 18.1 Å². The maximum atomic E-state index is 13.5. The van der Waals surface area contributed by atoms with Crippen molar-refractivity contribution in [3.63, 3.8) is 0 Å². The number of hydrogen-bond donors (Lipinski definition) is 1. The fraction of sp³-hybridized carbons (Fsp3) is 0.190. The molecule has 0 spiro atoms. The summed E-state index contributed by atoms with van der Waals surface area (Å²) in [5.41, 5.74) is 2.39. The molecule has 3 heterocycles. The molecule has 1 fully saturated rings. The van der Waals surface area contributed by atoms with Gasteiger partial charge in [-0.2, -0.15) is 4.98 Å². The van der Waals surface area contributed by atoms with Crippen LogP contribution in [0.2, 0.25) is 0 Å². The summed E-state index contributed by atoms with van der Waals surface area (Å²) in [4.78, 5) is 21.5. The van der Waals surface area contributed by atoms with Gasteiger partial charge in [-0.05, 0) is 23.8 Å². The Morgan fingerprint density at radius 1 is 1.17 bits per heavy atom. The zero-order chi connectivity index (χ0) is 20.0. The average molecular weight is 394 g/mol. The Kier molecular flexibility index (Phi) is 4.12. The van der Waals surface area contributed by atoms with Crippen LogP contribution in [0.25, 0.3) is 10.9 Å². The molecule has 8 heteroatoms. The number of hydrogen-bond acceptors (Lipinski definition) is 4. The molecule has 1 unspecified atom stereocenters. The van der Waals surface area contributed by atoms with Crippen molar-refractivity contribution in [3.05, 3.63) is 77.6 Å². The van der Waals surface area contributed by atoms with E-state index >= 15 is 0 Å². The number of H-pyrrole nitrogens is 1. The van der Waals surface area contributed by atoms with Gasteiger partial charge in [0, 0.05) is 47.7 Å². The van der Waals surface area contributed by atoms with Crippen molar-refractivity contribution in [2.45, 2.75) is 18.8 Å². The van der Waals surface area contributed by atoms with Crippen LogP contribution < -0.4 is 4.90 Å². The number of aromatic nitrogens is 3. The predicted molar refractivity (Wildman–Crippen MR) is 101 cm³/mol. The number of fused-ring (bicyclic) bond motifs is 1. The van der Waals surface area contributed by atoms with Gasteiger partial charge in [-0.1, -0.05) is 23.4 Å². The molecule has 0 saturated carbocycles. The van der Waals surface area contributed by atoms with E-state index in [0.29, 0.717) is 23.8 Å². The highest BCUT2D eigenvalue weighted by Crippen LogP contribution is 2.31. The number of nitrogens with zero attached hydrogens (tertiary/aromatic N) is 3. The van der Waals surface area contributed by atoms with Crippen LogP contribution in [0.5, 0.6) is 0 Å². The highest BCUT2D eigenvalue weighted by Gasteiger charge is 2.35. The molecule has 1 aliphatic heterocycles. The third kappa shape index (κ3) is 3.16. The topological polar surface area (TPSA) is 75.0 Å². The molecular weight excluding hydrogens is 378 g/mol. The lowest BCUT2D eigenvalue weighted by atomic mass is 10.1. The fourth-order valence-electron chi connectivity index (χ4n) is 3.73. The maximum absolute atomic E-state index is 13.5. The summed E-state index contributed by atoms with van der Waals surface area (Å²) in [6.45, 7) is 0.288. The Morgan fingerprint density at radius 2 is 2.03 bits per heavy atom. The molecule has 0 aliphatic carbocycles. The molecule has 29 heavy (non-hydrogen) atoms. The molecule has 4 aromatic rings. The third-order valence-electron chi connectivity index (χ3n) is 5.21. The molecule has 6 nitrogen and oxygen atoms in total. The van der Waals surface area contributed by atoms with Gasteiger partial charge in [-0.25, -0.2) is 8.78 Å². The van der Waals surface area contributed by atoms with Gasteiger partial charge < -0.3 is 14.4 Å². The van der Waals surface area contributed by atoms with Crippen LogP contribution in [0.3, 0.4) is 0 Å². The van der Waals surface area contributed by atoms with Crippen LogP contribution >= 0.6 is 0 Å². The van der Waals surface area contributed by atoms with Gasteiger partial charge in [0.2, 0.25) is 11.8 Å². The molecule has 0 radical (unpaired) electrons. The first-order chi connectivity index (χ1) is 14.1. The monoisotopic (exact) mass is 394 g/mol. The second-order valence-electron chi connectivity index (χ2n) is 7.09. The minimum absolute atomic E-state index is 0.186. The first kappa shape index (κ1) is 17.5. The van der Waals surface area contributed by atoms with Crippen LogP contribution in [-0.2, 0) is 11.2 Å². The minimum Gasteiger partial charge on any atom is -0.361 e. The molecule has 1 N–H and O–H groups in total. The molecule has 0 bridgehead atoms. The van der Waals surface area contributed by atoms with Gasteiger partial charge in [0.25, 0.3) is 0 Å². The average Bonchev–Trinajstić information content (AvgIpc) is 3.44. The largest absolute Gasteiger partial charge is 0.361 e. The van der Waals surface area contributed by atoms with Crippen LogP contribution in [0.15, 0.2) is 53.2 Å². The zero-order valence-electron chi connectivity index (χ0n) is 15.2. The van der Waals surface area contributed by atoms with E-state index in [2.05, 4.69) is 15.1 Å². The van der Waals surface area contributed by atoms with E-state index in [1.54, 1.807) is 0 Å². The Balaban J connectivity index is 1.34. The summed E-state index contributed by atoms with van der Waals surface area (Å²) >= 11 is 0. The third-order valence-corrected chi connectivity index (χ3v) is 5.21. The number of nitrogens with one attached hydrogen (secondary N) is 1. The number of carbonyl (C=O) groups excluding carboxylic acids is 1. The van der Waals surface area contributed by atoms with Crippen molar-refractivity contribution in [1.29, 1.82) is 0 Å². The summed E-state index contributed by atoms with van der Waals surface area (Å²) in [5.74, 6) is -1.49. The second-order valence-corrected chi connectivity index (χ2v) is 7.09. The van der Waals surface area contributed by atoms with Crippen molar-refractivity contribution in [2.75, 3.05) is 11.4 Å². The zero-order valence-corrected chi connectivity index (χ0v) is 15.2. The molecule has 1 atom stereocenters. The van der Waals surface area contributed by atoms with Crippen molar-refractivity contribution in [2.24, 2.45) is 0 Å². The van der Waals surface area contributed by atoms with E-state index in [1.807, 2.05) is 30.5 Å². The number of rotatable bonds is 4. The molecule has 5 rings (SSSR count). The summed E-state index contributed by atoms with van der Waals surface area (Å²) in [7, 11) is 0. The van der Waals surface area contributed by atoms with E-state index < -0.39 is 11.6 Å². The Labute approximate surface area is 164 Å². The Morgan fingerprint density at radius 3 is 2.90 bits per heavy atom. The van der Waals surface area contributed by atoms with Gasteiger partial charge >= 0.3 is 0 Å². The second kappa shape index (κ2) is 6.80. The van der Waals surface area contributed by atoms with Crippen molar-refractivity contribution in [3.8, 4) is 0 Å². The molecule has 2 aromatic heterocycles. The van der Waals surface area contributed by atoms with E-state index in [4.69, 9.17) is 4.52 Å². The molecular formula is C21H16F2N4O2. The van der Waals surface area contributed by atoms with Crippen LogP contribution in [-0.4, -0.2) is 27.6 Å².